The van der Waals surface area contributed by atoms with Crippen molar-refractivity contribution in [2.75, 3.05) is 0 Å². The summed E-state index contributed by atoms with van der Waals surface area (Å²) in [6.07, 6.45) is 1.66. The van der Waals surface area contributed by atoms with Crippen molar-refractivity contribution >= 4 is 23.2 Å². The quantitative estimate of drug-likeness (QED) is 0.850. The van der Waals surface area contributed by atoms with E-state index >= 15 is 0 Å². The van der Waals surface area contributed by atoms with Gasteiger partial charge in [0.05, 0.1) is 21.8 Å². The monoisotopic (exact) mass is 241 g/mol. The molecule has 3 nitrogen and oxygen atoms in total. The fourth-order valence-electron chi connectivity index (χ4n) is 1.33. The van der Waals surface area contributed by atoms with E-state index in [-0.39, 0.29) is 6.04 Å². The third-order valence-electron chi connectivity index (χ3n) is 2.16. The molecule has 0 saturated heterocycles. The van der Waals surface area contributed by atoms with Crippen LogP contribution in [0.5, 0.6) is 0 Å². The first-order valence-corrected chi connectivity index (χ1v) is 5.14. The summed E-state index contributed by atoms with van der Waals surface area (Å²) < 4.78 is 0. The first-order valence-electron chi connectivity index (χ1n) is 4.38. The summed E-state index contributed by atoms with van der Waals surface area (Å²) in [5, 5.41) is 7.69. The number of halogens is 2. The third kappa shape index (κ3) is 2.15. The molecule has 1 atom stereocenters. The highest BCUT2D eigenvalue weighted by Crippen LogP contribution is 2.26. The summed E-state index contributed by atoms with van der Waals surface area (Å²) in [5.41, 5.74) is 7.74. The second-order valence-corrected chi connectivity index (χ2v) is 3.98. The Bertz CT molecular complexity index is 454. The van der Waals surface area contributed by atoms with Crippen molar-refractivity contribution in [3.05, 3.63) is 51.8 Å². The summed E-state index contributed by atoms with van der Waals surface area (Å²) in [7, 11) is 0. The molecule has 2 aromatic rings. The Hall–Kier alpha value is -1.03. The number of rotatable bonds is 2. The van der Waals surface area contributed by atoms with Crippen molar-refractivity contribution in [3.63, 3.8) is 0 Å². The van der Waals surface area contributed by atoms with E-state index < -0.39 is 0 Å². The van der Waals surface area contributed by atoms with Gasteiger partial charge < -0.3 is 5.73 Å². The lowest BCUT2D eigenvalue weighted by molar-refractivity contribution is 0.816. The van der Waals surface area contributed by atoms with Crippen LogP contribution in [-0.2, 0) is 0 Å². The van der Waals surface area contributed by atoms with Gasteiger partial charge in [0.25, 0.3) is 0 Å². The SMILES string of the molecule is N[C@@H](c1ccc(Cl)c(Cl)c1)c1ccn[nH]1. The van der Waals surface area contributed by atoms with Gasteiger partial charge in [-0.2, -0.15) is 5.10 Å². The molecule has 1 heterocycles. The molecule has 0 radical (unpaired) electrons. The van der Waals surface area contributed by atoms with E-state index in [4.69, 9.17) is 28.9 Å². The summed E-state index contributed by atoms with van der Waals surface area (Å²) in [5.74, 6) is 0. The summed E-state index contributed by atoms with van der Waals surface area (Å²) in [6.45, 7) is 0. The lowest BCUT2D eigenvalue weighted by Gasteiger charge is -2.10. The van der Waals surface area contributed by atoms with Gasteiger partial charge in [-0.25, -0.2) is 0 Å². The Morgan fingerprint density at radius 1 is 1.20 bits per heavy atom. The Balaban J connectivity index is 2.34. The van der Waals surface area contributed by atoms with Crippen molar-refractivity contribution in [2.45, 2.75) is 6.04 Å². The molecule has 0 spiro atoms. The number of benzene rings is 1. The predicted octanol–water partition coefficient (Wildman–Crippen LogP) is 2.76. The minimum absolute atomic E-state index is 0.262. The van der Waals surface area contributed by atoms with E-state index in [1.165, 1.54) is 0 Å². The van der Waals surface area contributed by atoms with Gasteiger partial charge in [0.15, 0.2) is 0 Å². The number of hydrogen-bond acceptors (Lipinski definition) is 2. The van der Waals surface area contributed by atoms with Gasteiger partial charge in [0.2, 0.25) is 0 Å². The number of aromatic amines is 1. The first kappa shape index (κ1) is 10.5. The van der Waals surface area contributed by atoms with Crippen LogP contribution in [0.15, 0.2) is 30.5 Å². The van der Waals surface area contributed by atoms with E-state index in [9.17, 15) is 0 Å². The molecule has 0 aliphatic carbocycles. The van der Waals surface area contributed by atoms with Crippen LogP contribution in [-0.4, -0.2) is 10.2 Å². The standard InChI is InChI=1S/C10H9Cl2N3/c11-7-2-1-6(5-8(7)12)10(13)9-3-4-14-15-9/h1-5,10H,13H2,(H,14,15)/t10-/m0/s1. The van der Waals surface area contributed by atoms with Gasteiger partial charge in [0.1, 0.15) is 0 Å². The number of nitrogens with two attached hydrogens (primary N) is 1. The highest BCUT2D eigenvalue weighted by molar-refractivity contribution is 6.42. The first-order chi connectivity index (χ1) is 7.18. The molecule has 0 unspecified atom stereocenters. The number of nitrogens with zero attached hydrogens (tertiary/aromatic N) is 1. The maximum Gasteiger partial charge on any atom is 0.0721 e. The molecule has 0 saturated carbocycles. The molecule has 0 bridgehead atoms. The highest BCUT2D eigenvalue weighted by Gasteiger charge is 2.11. The summed E-state index contributed by atoms with van der Waals surface area (Å²) in [4.78, 5) is 0. The zero-order chi connectivity index (χ0) is 10.8. The largest absolute Gasteiger partial charge is 0.319 e. The van der Waals surface area contributed by atoms with Crippen LogP contribution >= 0.6 is 23.2 Å². The van der Waals surface area contributed by atoms with Gasteiger partial charge in [-0.1, -0.05) is 29.3 Å². The Labute approximate surface area is 97.2 Å². The molecule has 1 aromatic carbocycles. The number of H-pyrrole nitrogens is 1. The van der Waals surface area contributed by atoms with Crippen LogP contribution in [0.25, 0.3) is 0 Å². The number of hydrogen-bond donors (Lipinski definition) is 2. The third-order valence-corrected chi connectivity index (χ3v) is 2.90. The molecular weight excluding hydrogens is 233 g/mol. The summed E-state index contributed by atoms with van der Waals surface area (Å²) >= 11 is 11.7. The maximum absolute atomic E-state index is 6.01. The topological polar surface area (TPSA) is 54.7 Å². The molecule has 0 aliphatic rings. The van der Waals surface area contributed by atoms with E-state index in [0.29, 0.717) is 10.0 Å². The molecule has 1 aromatic heterocycles. The van der Waals surface area contributed by atoms with Crippen molar-refractivity contribution in [1.29, 1.82) is 0 Å². The van der Waals surface area contributed by atoms with E-state index in [0.717, 1.165) is 11.3 Å². The molecule has 0 aliphatic heterocycles. The van der Waals surface area contributed by atoms with Crippen molar-refractivity contribution < 1.29 is 0 Å². The Kier molecular flexibility index (Phi) is 2.95. The van der Waals surface area contributed by atoms with Crippen molar-refractivity contribution in [1.82, 2.24) is 10.2 Å². The Morgan fingerprint density at radius 2 is 2.00 bits per heavy atom. The van der Waals surface area contributed by atoms with Crippen molar-refractivity contribution in [3.8, 4) is 0 Å². The van der Waals surface area contributed by atoms with Crippen LogP contribution in [0.3, 0.4) is 0 Å². The van der Waals surface area contributed by atoms with Crippen LogP contribution in [0.2, 0.25) is 10.0 Å². The van der Waals surface area contributed by atoms with Gasteiger partial charge >= 0.3 is 0 Å². The van der Waals surface area contributed by atoms with Crippen LogP contribution < -0.4 is 5.73 Å². The second-order valence-electron chi connectivity index (χ2n) is 3.16. The van der Waals surface area contributed by atoms with Gasteiger partial charge in [-0.3, -0.25) is 5.10 Å². The van der Waals surface area contributed by atoms with Gasteiger partial charge in [0, 0.05) is 6.20 Å². The zero-order valence-corrected chi connectivity index (χ0v) is 9.26. The zero-order valence-electron chi connectivity index (χ0n) is 7.74. The summed E-state index contributed by atoms with van der Waals surface area (Å²) in [6, 6.07) is 6.90. The lowest BCUT2D eigenvalue weighted by Crippen LogP contribution is -2.12. The van der Waals surface area contributed by atoms with Crippen LogP contribution in [0, 0.1) is 0 Å². The molecule has 3 N–H and O–H groups in total. The molecule has 78 valence electrons. The maximum atomic E-state index is 6.01. The lowest BCUT2D eigenvalue weighted by atomic mass is 10.1. The number of aromatic nitrogens is 2. The van der Waals surface area contributed by atoms with Crippen LogP contribution in [0.4, 0.5) is 0 Å². The molecule has 0 fully saturated rings. The van der Waals surface area contributed by atoms with Crippen LogP contribution in [0.1, 0.15) is 17.3 Å². The fraction of sp³-hybridized carbons (Fsp3) is 0.100. The number of nitrogens with one attached hydrogen (secondary N) is 1. The van der Waals surface area contributed by atoms with Gasteiger partial charge in [-0.15, -0.1) is 0 Å². The smallest absolute Gasteiger partial charge is 0.0721 e. The second kappa shape index (κ2) is 4.23. The minimum atomic E-state index is -0.262. The average Bonchev–Trinajstić information content (AvgIpc) is 2.74. The fourth-order valence-corrected chi connectivity index (χ4v) is 1.63. The molecule has 2 rings (SSSR count). The molecular formula is C10H9Cl2N3. The normalized spacial score (nSPS) is 12.7. The molecule has 0 amide bonds. The van der Waals surface area contributed by atoms with E-state index in [1.807, 2.05) is 12.1 Å². The van der Waals surface area contributed by atoms with Gasteiger partial charge in [-0.05, 0) is 23.8 Å². The van der Waals surface area contributed by atoms with E-state index in [2.05, 4.69) is 10.2 Å². The van der Waals surface area contributed by atoms with E-state index in [1.54, 1.807) is 18.3 Å². The molecule has 5 heteroatoms. The highest BCUT2D eigenvalue weighted by atomic mass is 35.5. The average molecular weight is 242 g/mol. The van der Waals surface area contributed by atoms with Crippen molar-refractivity contribution in [2.24, 2.45) is 5.73 Å². The molecule has 15 heavy (non-hydrogen) atoms. The Morgan fingerprint density at radius 3 is 2.60 bits per heavy atom. The minimum Gasteiger partial charge on any atom is -0.319 e. The predicted molar refractivity (Wildman–Crippen MR) is 61.1 cm³/mol.